The van der Waals surface area contributed by atoms with E-state index in [4.69, 9.17) is 21.1 Å². The third-order valence-corrected chi connectivity index (χ3v) is 5.33. The van der Waals surface area contributed by atoms with Crippen LogP contribution in [0.4, 0.5) is 18.0 Å². The fraction of sp³-hybridized carbons (Fsp3) is 0.211. The molecule has 0 unspecified atom stereocenters. The van der Waals surface area contributed by atoms with Gasteiger partial charge in [-0.15, -0.1) is 0 Å². The summed E-state index contributed by atoms with van der Waals surface area (Å²) in [5, 5.41) is 7.99. The van der Waals surface area contributed by atoms with Gasteiger partial charge < -0.3 is 9.52 Å². The number of nitrogens with zero attached hydrogens (tertiary/aromatic N) is 1. The average Bonchev–Trinajstić information content (AvgIpc) is 3.20. The number of furan rings is 1. The van der Waals surface area contributed by atoms with E-state index in [0.29, 0.717) is 11.8 Å². The van der Waals surface area contributed by atoms with Gasteiger partial charge in [-0.2, -0.15) is 13.2 Å². The van der Waals surface area contributed by atoms with Gasteiger partial charge in [0.25, 0.3) is 11.1 Å². The Labute approximate surface area is 177 Å². The maximum atomic E-state index is 12.8. The lowest BCUT2D eigenvalue weighted by atomic mass is 10.1. The molecule has 2 heterocycles. The van der Waals surface area contributed by atoms with E-state index in [1.54, 1.807) is 0 Å². The van der Waals surface area contributed by atoms with Crippen LogP contribution in [0, 0.1) is 0 Å². The summed E-state index contributed by atoms with van der Waals surface area (Å²) in [6, 6.07) is 5.83. The zero-order chi connectivity index (χ0) is 22.1. The Morgan fingerprint density at radius 1 is 1.23 bits per heavy atom. The van der Waals surface area contributed by atoms with Crippen LogP contribution in [0.15, 0.2) is 39.7 Å². The number of carbonyl (C=O) groups is 3. The number of carbonyl (C=O) groups excluding carboxylic acids is 2. The van der Waals surface area contributed by atoms with E-state index in [9.17, 15) is 27.6 Å². The number of halogens is 4. The predicted octanol–water partition coefficient (Wildman–Crippen LogP) is 5.52. The van der Waals surface area contributed by atoms with Crippen LogP contribution >= 0.6 is 23.4 Å². The van der Waals surface area contributed by atoms with Gasteiger partial charge in [0.2, 0.25) is 0 Å². The standard InChI is InChI=1S/C19H13ClF3NO5S/c20-13-8-10(19(21,22)23)3-5-12(13)14-6-4-11(29-14)9-15-17(27)24(18(28)30-15)7-1-2-16(25)26/h3-6,8-9H,1-2,7H2,(H,25,26)/b15-9+. The molecule has 0 radical (unpaired) electrons. The topological polar surface area (TPSA) is 87.8 Å². The molecule has 0 atom stereocenters. The molecular formula is C19H13ClF3NO5S. The molecule has 1 N–H and O–H groups in total. The molecule has 158 valence electrons. The van der Waals surface area contributed by atoms with Gasteiger partial charge in [0.05, 0.1) is 15.5 Å². The second kappa shape index (κ2) is 8.57. The molecule has 30 heavy (non-hydrogen) atoms. The summed E-state index contributed by atoms with van der Waals surface area (Å²) in [5.41, 5.74) is -0.648. The van der Waals surface area contributed by atoms with Crippen LogP contribution in [0.1, 0.15) is 24.2 Å². The molecule has 1 saturated heterocycles. The Bertz CT molecular complexity index is 1050. The van der Waals surface area contributed by atoms with Crippen LogP contribution in [0.5, 0.6) is 0 Å². The molecule has 2 aromatic rings. The summed E-state index contributed by atoms with van der Waals surface area (Å²) in [5.74, 6) is -1.19. The molecule has 0 spiro atoms. The number of aliphatic carboxylic acids is 1. The van der Waals surface area contributed by atoms with Crippen LogP contribution in [-0.4, -0.2) is 33.7 Å². The van der Waals surface area contributed by atoms with E-state index < -0.39 is 28.9 Å². The Morgan fingerprint density at radius 3 is 2.60 bits per heavy atom. The number of alkyl halides is 3. The molecule has 3 rings (SSSR count). The second-order valence-corrected chi connectivity index (χ2v) is 7.63. The van der Waals surface area contributed by atoms with Gasteiger partial charge in [0, 0.05) is 24.6 Å². The first-order chi connectivity index (χ1) is 14.1. The molecule has 11 heteroatoms. The van der Waals surface area contributed by atoms with Gasteiger partial charge in [-0.25, -0.2) is 0 Å². The van der Waals surface area contributed by atoms with Crippen LogP contribution in [0.3, 0.4) is 0 Å². The summed E-state index contributed by atoms with van der Waals surface area (Å²) in [6.07, 6.45) is -3.22. The van der Waals surface area contributed by atoms with Crippen molar-refractivity contribution in [2.24, 2.45) is 0 Å². The molecule has 1 fully saturated rings. The first-order valence-electron chi connectivity index (χ1n) is 8.50. The monoisotopic (exact) mass is 459 g/mol. The van der Waals surface area contributed by atoms with Crippen molar-refractivity contribution in [1.82, 2.24) is 4.90 Å². The number of carboxylic acids is 1. The summed E-state index contributed by atoms with van der Waals surface area (Å²) in [7, 11) is 0. The van der Waals surface area contributed by atoms with E-state index in [1.165, 1.54) is 24.3 Å². The largest absolute Gasteiger partial charge is 0.481 e. The molecule has 6 nitrogen and oxygen atoms in total. The van der Waals surface area contributed by atoms with Gasteiger partial charge in [-0.05, 0) is 48.5 Å². The smallest absolute Gasteiger partial charge is 0.416 e. The third-order valence-electron chi connectivity index (χ3n) is 4.11. The number of carboxylic acid groups (broad SMARTS) is 1. The Hall–Kier alpha value is -2.72. The highest BCUT2D eigenvalue weighted by atomic mass is 35.5. The minimum absolute atomic E-state index is 0.0150. The van der Waals surface area contributed by atoms with Crippen molar-refractivity contribution in [3.63, 3.8) is 0 Å². The molecular weight excluding hydrogens is 447 g/mol. The molecule has 1 aliphatic heterocycles. The summed E-state index contributed by atoms with van der Waals surface area (Å²) < 4.78 is 43.9. The lowest BCUT2D eigenvalue weighted by molar-refractivity contribution is -0.138. The van der Waals surface area contributed by atoms with Gasteiger partial charge >= 0.3 is 12.1 Å². The van der Waals surface area contributed by atoms with Crippen molar-refractivity contribution in [3.8, 4) is 11.3 Å². The first kappa shape index (κ1) is 22.0. The van der Waals surface area contributed by atoms with Crippen LogP contribution in [0.25, 0.3) is 17.4 Å². The average molecular weight is 460 g/mol. The van der Waals surface area contributed by atoms with Gasteiger partial charge in [0.1, 0.15) is 11.5 Å². The third kappa shape index (κ3) is 4.88. The maximum Gasteiger partial charge on any atom is 0.416 e. The zero-order valence-corrected chi connectivity index (χ0v) is 16.6. The lowest BCUT2D eigenvalue weighted by Gasteiger charge is -2.10. The number of benzene rings is 1. The highest BCUT2D eigenvalue weighted by Crippen LogP contribution is 2.37. The molecule has 0 saturated carbocycles. The van der Waals surface area contributed by atoms with Gasteiger partial charge in [-0.1, -0.05) is 11.6 Å². The summed E-state index contributed by atoms with van der Waals surface area (Å²) in [4.78, 5) is 36.0. The molecule has 0 bridgehead atoms. The van der Waals surface area contributed by atoms with E-state index in [2.05, 4.69) is 0 Å². The molecule has 1 aromatic carbocycles. The SMILES string of the molecule is O=C(O)CCCN1C(=O)S/C(=C/c2ccc(-c3ccc(C(F)(F)F)cc3Cl)o2)C1=O. The number of imide groups is 1. The summed E-state index contributed by atoms with van der Waals surface area (Å²) >= 11 is 6.64. The fourth-order valence-electron chi connectivity index (χ4n) is 2.68. The Balaban J connectivity index is 1.77. The fourth-order valence-corrected chi connectivity index (χ4v) is 3.80. The van der Waals surface area contributed by atoms with Crippen molar-refractivity contribution >= 4 is 46.6 Å². The van der Waals surface area contributed by atoms with Crippen molar-refractivity contribution in [2.45, 2.75) is 19.0 Å². The molecule has 1 aliphatic rings. The number of hydrogen-bond donors (Lipinski definition) is 1. The quantitative estimate of drug-likeness (QED) is 0.572. The van der Waals surface area contributed by atoms with Crippen LogP contribution < -0.4 is 0 Å². The van der Waals surface area contributed by atoms with E-state index in [1.807, 2.05) is 0 Å². The highest BCUT2D eigenvalue weighted by Gasteiger charge is 2.35. The molecule has 0 aliphatic carbocycles. The van der Waals surface area contributed by atoms with Gasteiger partial charge in [-0.3, -0.25) is 19.3 Å². The van der Waals surface area contributed by atoms with Crippen molar-refractivity contribution in [2.75, 3.05) is 6.54 Å². The highest BCUT2D eigenvalue weighted by molar-refractivity contribution is 8.18. The normalized spacial score (nSPS) is 16.0. The second-order valence-electron chi connectivity index (χ2n) is 6.23. The van der Waals surface area contributed by atoms with Crippen LogP contribution in [0.2, 0.25) is 5.02 Å². The van der Waals surface area contributed by atoms with E-state index >= 15 is 0 Å². The number of amides is 2. The first-order valence-corrected chi connectivity index (χ1v) is 9.70. The van der Waals surface area contributed by atoms with Crippen molar-refractivity contribution < 1.29 is 37.1 Å². The predicted molar refractivity (Wildman–Crippen MR) is 104 cm³/mol. The molecule has 2 amide bonds. The maximum absolute atomic E-state index is 12.8. The zero-order valence-electron chi connectivity index (χ0n) is 15.0. The number of rotatable bonds is 6. The van der Waals surface area contributed by atoms with Gasteiger partial charge in [0.15, 0.2) is 0 Å². The van der Waals surface area contributed by atoms with Crippen LogP contribution in [-0.2, 0) is 15.8 Å². The Kier molecular flexibility index (Phi) is 6.27. The Morgan fingerprint density at radius 2 is 1.97 bits per heavy atom. The number of thioether (sulfide) groups is 1. The lowest BCUT2D eigenvalue weighted by Crippen LogP contribution is -2.29. The van der Waals surface area contributed by atoms with E-state index in [-0.39, 0.29) is 46.4 Å². The summed E-state index contributed by atoms with van der Waals surface area (Å²) in [6.45, 7) is -0.0150. The molecule has 1 aromatic heterocycles. The van der Waals surface area contributed by atoms with E-state index in [0.717, 1.165) is 17.0 Å². The minimum atomic E-state index is -4.52. The van der Waals surface area contributed by atoms with Crippen molar-refractivity contribution in [3.05, 3.63) is 51.6 Å². The number of hydrogen-bond acceptors (Lipinski definition) is 5. The minimum Gasteiger partial charge on any atom is -0.481 e. The van der Waals surface area contributed by atoms with Crippen molar-refractivity contribution in [1.29, 1.82) is 0 Å².